The molecule has 1 aliphatic rings. The van der Waals surface area contributed by atoms with E-state index in [4.69, 9.17) is 26.2 Å². The Hall–Kier alpha value is -3.12. The van der Waals surface area contributed by atoms with Crippen LogP contribution >= 0.6 is 22.9 Å². The topological polar surface area (TPSA) is 122 Å². The summed E-state index contributed by atoms with van der Waals surface area (Å²) in [4.78, 5) is 24.2. The first-order valence-corrected chi connectivity index (χ1v) is 15.2. The summed E-state index contributed by atoms with van der Waals surface area (Å²) in [5.41, 5.74) is 2.30. The van der Waals surface area contributed by atoms with Crippen molar-refractivity contribution in [1.29, 1.82) is 0 Å². The van der Waals surface area contributed by atoms with Gasteiger partial charge in [-0.15, -0.1) is 11.3 Å². The molecule has 0 bridgehead atoms. The van der Waals surface area contributed by atoms with Gasteiger partial charge in [-0.25, -0.2) is 22.3 Å². The molecule has 3 aromatic rings. The van der Waals surface area contributed by atoms with Crippen LogP contribution in [0.1, 0.15) is 35.0 Å². The Kier molecular flexibility index (Phi) is 9.49. The Bertz CT molecular complexity index is 1420. The van der Waals surface area contributed by atoms with E-state index in [9.17, 15) is 18.0 Å². The second-order valence-electron chi connectivity index (χ2n) is 8.95. The van der Waals surface area contributed by atoms with Gasteiger partial charge in [-0.3, -0.25) is 0 Å². The maximum Gasteiger partial charge on any atom is 0.352 e. The minimum atomic E-state index is -3.40. The molecule has 0 saturated carbocycles. The number of nitrogens with zero attached hydrogens (tertiary/aromatic N) is 1. The van der Waals surface area contributed by atoms with Crippen LogP contribution in [-0.4, -0.2) is 62.1 Å². The molecule has 1 aromatic heterocycles. The predicted molar refractivity (Wildman–Crippen MR) is 151 cm³/mol. The van der Waals surface area contributed by atoms with E-state index in [1.54, 1.807) is 11.2 Å². The molecular formula is C27H29ClN2O7S2. The van der Waals surface area contributed by atoms with Crippen molar-refractivity contribution in [3.05, 3.63) is 70.1 Å². The highest BCUT2D eigenvalue weighted by Gasteiger charge is 2.29. The van der Waals surface area contributed by atoms with Crippen molar-refractivity contribution in [2.75, 3.05) is 31.6 Å². The molecule has 1 saturated heterocycles. The monoisotopic (exact) mass is 592 g/mol. The Morgan fingerprint density at radius 1 is 1.13 bits per heavy atom. The summed E-state index contributed by atoms with van der Waals surface area (Å²) >= 11 is 7.63. The van der Waals surface area contributed by atoms with Crippen LogP contribution in [-0.2, 0) is 25.3 Å². The molecule has 9 nitrogen and oxygen atoms in total. The van der Waals surface area contributed by atoms with Crippen LogP contribution in [0.3, 0.4) is 0 Å². The Morgan fingerprint density at radius 2 is 1.85 bits per heavy atom. The number of thiophene rings is 1. The van der Waals surface area contributed by atoms with Crippen molar-refractivity contribution in [3.63, 3.8) is 0 Å². The molecular weight excluding hydrogens is 564 g/mol. The van der Waals surface area contributed by atoms with E-state index >= 15 is 0 Å². The highest BCUT2D eigenvalue weighted by molar-refractivity contribution is 7.88. The van der Waals surface area contributed by atoms with Crippen molar-refractivity contribution in [2.24, 2.45) is 0 Å². The first-order chi connectivity index (χ1) is 18.7. The number of anilines is 1. The van der Waals surface area contributed by atoms with E-state index in [0.717, 1.165) is 22.6 Å². The van der Waals surface area contributed by atoms with E-state index in [1.807, 2.05) is 54.6 Å². The number of esters is 1. The maximum atomic E-state index is 12.9. The molecule has 1 aliphatic heterocycles. The molecule has 208 valence electrons. The number of halogens is 1. The highest BCUT2D eigenvalue weighted by Crippen LogP contribution is 2.46. The second-order valence-corrected chi connectivity index (χ2v) is 12.3. The summed E-state index contributed by atoms with van der Waals surface area (Å²) in [6, 6.07) is 16.7. The van der Waals surface area contributed by atoms with Gasteiger partial charge >= 0.3 is 11.9 Å². The summed E-state index contributed by atoms with van der Waals surface area (Å²) in [5.74, 6) is -1.86. The highest BCUT2D eigenvalue weighted by atomic mass is 35.5. The van der Waals surface area contributed by atoms with E-state index in [0.29, 0.717) is 36.4 Å². The average molecular weight is 593 g/mol. The summed E-state index contributed by atoms with van der Waals surface area (Å²) in [6.07, 6.45) is 1.30. The fraction of sp³-hybridized carbons (Fsp3) is 0.333. The number of sulfonamides is 1. The lowest BCUT2D eigenvalue weighted by Gasteiger charge is -2.32. The molecule has 2 N–H and O–H groups in total. The number of hydrogen-bond acceptors (Lipinski definition) is 8. The normalized spacial score (nSPS) is 14.6. The van der Waals surface area contributed by atoms with Crippen LogP contribution in [0, 0.1) is 0 Å². The Labute approximate surface area is 236 Å². The Morgan fingerprint density at radius 3 is 2.51 bits per heavy atom. The van der Waals surface area contributed by atoms with Crippen molar-refractivity contribution in [1.82, 2.24) is 4.31 Å². The number of hydrogen-bond donors (Lipinski definition) is 2. The van der Waals surface area contributed by atoms with Crippen LogP contribution in [0.5, 0.6) is 5.75 Å². The number of nitrogens with one attached hydrogen (secondary N) is 1. The largest absolute Gasteiger partial charge is 0.479 e. The molecule has 0 spiro atoms. The molecule has 0 amide bonds. The minimum Gasteiger partial charge on any atom is -0.479 e. The number of carbonyl (C=O) groups is 2. The number of benzene rings is 2. The third-order valence-corrected chi connectivity index (χ3v) is 9.67. The standard InChI is InChI=1S/C27H29ClN2O7S2/c1-2-36-27(33)26-24(37-16-22(31)32)23(28)25(38-26)19-9-6-10-21(15-19)29-20-11-13-30(14-12-20)39(34,35)17-18-7-4-3-5-8-18/h3-10,15,20,29H,2,11-14,16-17H2,1H3,(H,31,32). The number of piperidine rings is 1. The molecule has 0 aliphatic carbocycles. The SMILES string of the molecule is CCOC(=O)c1sc(-c2cccc(NC3CCN(S(=O)(=O)Cc4ccccc4)CC3)c2)c(Cl)c1OCC(=O)O. The fourth-order valence-electron chi connectivity index (χ4n) is 4.32. The van der Waals surface area contributed by atoms with Gasteiger partial charge in [0, 0.05) is 24.8 Å². The summed E-state index contributed by atoms with van der Waals surface area (Å²) in [5, 5.41) is 12.6. The third-order valence-electron chi connectivity index (χ3n) is 6.14. The van der Waals surface area contributed by atoms with Crippen LogP contribution < -0.4 is 10.1 Å². The molecule has 12 heteroatoms. The number of aliphatic carboxylic acids is 1. The van der Waals surface area contributed by atoms with Crippen LogP contribution in [0.2, 0.25) is 5.02 Å². The minimum absolute atomic E-state index is 0.0124. The number of carboxylic acids is 1. The van der Waals surface area contributed by atoms with Crippen molar-refractivity contribution in [2.45, 2.75) is 31.6 Å². The van der Waals surface area contributed by atoms with Gasteiger partial charge in [0.15, 0.2) is 17.2 Å². The molecule has 2 heterocycles. The van der Waals surface area contributed by atoms with Gasteiger partial charge in [0.1, 0.15) is 5.02 Å². The van der Waals surface area contributed by atoms with Gasteiger partial charge in [-0.05, 0) is 43.0 Å². The van der Waals surface area contributed by atoms with Crippen molar-refractivity contribution >= 4 is 50.6 Å². The fourth-order valence-corrected chi connectivity index (χ4v) is 7.34. The smallest absolute Gasteiger partial charge is 0.352 e. The number of ether oxygens (including phenoxy) is 2. The zero-order chi connectivity index (χ0) is 28.0. The molecule has 39 heavy (non-hydrogen) atoms. The molecule has 0 radical (unpaired) electrons. The van der Waals surface area contributed by atoms with E-state index in [1.165, 1.54) is 0 Å². The lowest BCUT2D eigenvalue weighted by atomic mass is 10.1. The van der Waals surface area contributed by atoms with Gasteiger partial charge in [-0.1, -0.05) is 54.1 Å². The molecule has 1 fully saturated rings. The van der Waals surface area contributed by atoms with Gasteiger partial charge in [0.05, 0.1) is 17.2 Å². The predicted octanol–water partition coefficient (Wildman–Crippen LogP) is 5.11. The second kappa shape index (κ2) is 12.8. The third kappa shape index (κ3) is 7.30. The summed E-state index contributed by atoms with van der Waals surface area (Å²) in [6.45, 7) is 2.02. The average Bonchev–Trinajstić information content (AvgIpc) is 3.24. The molecule has 0 unspecified atom stereocenters. The quantitative estimate of drug-likeness (QED) is 0.294. The van der Waals surface area contributed by atoms with E-state index < -0.39 is 28.6 Å². The number of rotatable bonds is 11. The number of carboxylic acid groups (broad SMARTS) is 1. The number of carbonyl (C=O) groups excluding carboxylic acids is 1. The first kappa shape index (κ1) is 28.9. The summed E-state index contributed by atoms with van der Waals surface area (Å²) < 4.78 is 37.7. The van der Waals surface area contributed by atoms with Gasteiger partial charge in [0.25, 0.3) is 0 Å². The van der Waals surface area contributed by atoms with Gasteiger partial charge < -0.3 is 19.9 Å². The lowest BCUT2D eigenvalue weighted by Crippen LogP contribution is -2.42. The molecule has 4 rings (SSSR count). The van der Waals surface area contributed by atoms with E-state index in [2.05, 4.69) is 5.32 Å². The van der Waals surface area contributed by atoms with Gasteiger partial charge in [-0.2, -0.15) is 0 Å². The molecule has 0 atom stereocenters. The summed E-state index contributed by atoms with van der Waals surface area (Å²) in [7, 11) is -3.40. The van der Waals surface area contributed by atoms with Gasteiger partial charge in [0.2, 0.25) is 10.0 Å². The Balaban J connectivity index is 1.45. The zero-order valence-corrected chi connectivity index (χ0v) is 23.7. The molecule has 2 aromatic carbocycles. The van der Waals surface area contributed by atoms with Crippen LogP contribution in [0.15, 0.2) is 54.6 Å². The zero-order valence-electron chi connectivity index (χ0n) is 21.3. The first-order valence-electron chi connectivity index (χ1n) is 12.4. The van der Waals surface area contributed by atoms with Crippen molar-refractivity contribution < 1.29 is 32.6 Å². The van der Waals surface area contributed by atoms with Crippen molar-refractivity contribution in [3.8, 4) is 16.2 Å². The van der Waals surface area contributed by atoms with Crippen LogP contribution in [0.25, 0.3) is 10.4 Å². The maximum absolute atomic E-state index is 12.9. The van der Waals surface area contributed by atoms with E-state index in [-0.39, 0.29) is 34.1 Å². The lowest BCUT2D eigenvalue weighted by molar-refractivity contribution is -0.139. The van der Waals surface area contributed by atoms with Crippen LogP contribution in [0.4, 0.5) is 5.69 Å².